The molecule has 0 aliphatic carbocycles. The molecule has 2 aromatic heterocycles. The van der Waals surface area contributed by atoms with Gasteiger partial charge in [-0.15, -0.1) is 5.10 Å². The van der Waals surface area contributed by atoms with Crippen molar-refractivity contribution in [2.24, 2.45) is 0 Å². The van der Waals surface area contributed by atoms with Crippen molar-refractivity contribution in [2.45, 2.75) is 19.4 Å². The van der Waals surface area contributed by atoms with Crippen LogP contribution in [0.5, 0.6) is 23.1 Å². The van der Waals surface area contributed by atoms with E-state index < -0.39 is 0 Å². The fourth-order valence-electron chi connectivity index (χ4n) is 4.39. The number of aryl methyl sites for hydroxylation is 1. The molecular weight excluding hydrogens is 428 g/mol. The molecule has 2 aromatic carbocycles. The fraction of sp³-hybridized carbons (Fsp3) is 0.304. The number of rotatable bonds is 6. The molecule has 0 radical (unpaired) electrons. The van der Waals surface area contributed by atoms with E-state index in [1.54, 1.807) is 21.3 Å². The zero-order chi connectivity index (χ0) is 22.4. The number of fused-ring (bicyclic) bond motifs is 2. The van der Waals surface area contributed by atoms with E-state index in [0.717, 1.165) is 29.1 Å². The normalized spacial score (nSPS) is 13.9. The zero-order valence-corrected chi connectivity index (χ0v) is 19.1. The van der Waals surface area contributed by atoms with Crippen LogP contribution in [-0.4, -0.2) is 47.6 Å². The molecule has 0 saturated heterocycles. The Hall–Kier alpha value is -3.46. The van der Waals surface area contributed by atoms with E-state index in [1.807, 2.05) is 25.1 Å². The molecule has 1 atom stereocenters. The SMILES string of the molecule is COc1cc(C(c2sc3nc(C)nn3c2O)N2CCc3ccccc32)cc(OC)c1OC. The average Bonchev–Trinajstić information content (AvgIpc) is 3.48. The number of thiazole rings is 1. The summed E-state index contributed by atoms with van der Waals surface area (Å²) < 4.78 is 18.3. The van der Waals surface area contributed by atoms with Crippen LogP contribution in [0.15, 0.2) is 36.4 Å². The summed E-state index contributed by atoms with van der Waals surface area (Å²) in [5.41, 5.74) is 3.33. The molecule has 1 N–H and O–H groups in total. The Morgan fingerprint density at radius 2 is 1.78 bits per heavy atom. The molecule has 0 saturated carbocycles. The lowest BCUT2D eigenvalue weighted by Crippen LogP contribution is -2.27. The Balaban J connectivity index is 1.74. The number of para-hydroxylation sites is 1. The van der Waals surface area contributed by atoms with Crippen molar-refractivity contribution in [3.63, 3.8) is 0 Å². The third kappa shape index (κ3) is 3.12. The molecule has 8 nitrogen and oxygen atoms in total. The first kappa shape index (κ1) is 20.4. The van der Waals surface area contributed by atoms with Crippen molar-refractivity contribution in [1.29, 1.82) is 0 Å². The summed E-state index contributed by atoms with van der Waals surface area (Å²) >= 11 is 1.43. The summed E-state index contributed by atoms with van der Waals surface area (Å²) in [6, 6.07) is 11.9. The van der Waals surface area contributed by atoms with Crippen LogP contribution in [0, 0.1) is 6.92 Å². The topological polar surface area (TPSA) is 81.4 Å². The maximum atomic E-state index is 11.2. The van der Waals surface area contributed by atoms with Gasteiger partial charge in [-0.25, -0.2) is 4.98 Å². The summed E-state index contributed by atoms with van der Waals surface area (Å²) in [4.78, 5) is 8.17. The maximum absolute atomic E-state index is 11.2. The number of benzene rings is 2. The van der Waals surface area contributed by atoms with Crippen LogP contribution in [0.2, 0.25) is 0 Å². The molecule has 0 spiro atoms. The quantitative estimate of drug-likeness (QED) is 0.474. The minimum Gasteiger partial charge on any atom is -0.493 e. The fourth-order valence-corrected chi connectivity index (χ4v) is 5.53. The van der Waals surface area contributed by atoms with Gasteiger partial charge in [-0.1, -0.05) is 29.5 Å². The predicted molar refractivity (Wildman–Crippen MR) is 123 cm³/mol. The van der Waals surface area contributed by atoms with Crippen LogP contribution in [0.1, 0.15) is 27.9 Å². The molecule has 9 heteroatoms. The van der Waals surface area contributed by atoms with Crippen LogP contribution in [-0.2, 0) is 6.42 Å². The number of hydrogen-bond donors (Lipinski definition) is 1. The van der Waals surface area contributed by atoms with Gasteiger partial charge in [-0.3, -0.25) is 0 Å². The molecule has 0 fully saturated rings. The Labute approximate surface area is 189 Å². The van der Waals surface area contributed by atoms with E-state index in [1.165, 1.54) is 21.4 Å². The van der Waals surface area contributed by atoms with Gasteiger partial charge in [0.1, 0.15) is 5.82 Å². The minimum atomic E-state index is -0.291. The minimum absolute atomic E-state index is 0.0914. The van der Waals surface area contributed by atoms with Crippen molar-refractivity contribution in [3.05, 3.63) is 58.2 Å². The number of hydrogen-bond acceptors (Lipinski definition) is 8. The largest absolute Gasteiger partial charge is 0.493 e. The lowest BCUT2D eigenvalue weighted by Gasteiger charge is -2.31. The third-order valence-electron chi connectivity index (χ3n) is 5.79. The molecule has 166 valence electrons. The van der Waals surface area contributed by atoms with Crippen molar-refractivity contribution in [1.82, 2.24) is 14.6 Å². The first-order valence-corrected chi connectivity index (χ1v) is 11.1. The van der Waals surface area contributed by atoms with Crippen LogP contribution < -0.4 is 19.1 Å². The van der Waals surface area contributed by atoms with E-state index in [4.69, 9.17) is 14.2 Å². The highest BCUT2D eigenvalue weighted by Gasteiger charge is 2.34. The molecule has 3 heterocycles. The second kappa shape index (κ2) is 7.90. The van der Waals surface area contributed by atoms with Gasteiger partial charge >= 0.3 is 0 Å². The van der Waals surface area contributed by atoms with Gasteiger partial charge in [-0.05, 0) is 42.7 Å². The highest BCUT2D eigenvalue weighted by molar-refractivity contribution is 7.17. The van der Waals surface area contributed by atoms with Gasteiger partial charge in [0, 0.05) is 12.2 Å². The second-order valence-electron chi connectivity index (χ2n) is 7.58. The van der Waals surface area contributed by atoms with Crippen molar-refractivity contribution >= 4 is 22.0 Å². The van der Waals surface area contributed by atoms with E-state index >= 15 is 0 Å². The maximum Gasteiger partial charge on any atom is 0.230 e. The number of aromatic hydroxyl groups is 1. The van der Waals surface area contributed by atoms with Crippen molar-refractivity contribution in [3.8, 4) is 23.1 Å². The molecule has 1 unspecified atom stereocenters. The predicted octanol–water partition coefficient (Wildman–Crippen LogP) is 3.98. The number of methoxy groups -OCH3 is 3. The molecule has 5 rings (SSSR count). The first-order chi connectivity index (χ1) is 15.5. The molecule has 0 bridgehead atoms. The van der Waals surface area contributed by atoms with Crippen molar-refractivity contribution < 1.29 is 19.3 Å². The first-order valence-electron chi connectivity index (χ1n) is 10.2. The number of ether oxygens (including phenoxy) is 3. The van der Waals surface area contributed by atoms with Crippen LogP contribution in [0.4, 0.5) is 5.69 Å². The summed E-state index contributed by atoms with van der Waals surface area (Å²) in [6.45, 7) is 2.62. The van der Waals surface area contributed by atoms with E-state index in [-0.39, 0.29) is 11.9 Å². The molecule has 0 amide bonds. The Morgan fingerprint density at radius 3 is 2.44 bits per heavy atom. The van der Waals surface area contributed by atoms with Gasteiger partial charge in [0.15, 0.2) is 11.5 Å². The van der Waals surface area contributed by atoms with Gasteiger partial charge in [0.05, 0.1) is 32.2 Å². The van der Waals surface area contributed by atoms with Gasteiger partial charge in [0.2, 0.25) is 16.6 Å². The smallest absolute Gasteiger partial charge is 0.230 e. The summed E-state index contributed by atoms with van der Waals surface area (Å²) in [5, 5.41) is 15.5. The number of anilines is 1. The standard InChI is InChI=1S/C23H24N4O4S/c1-13-24-23-27(25-13)22(28)21(32-23)19(26-10-9-14-7-5-6-8-16(14)26)15-11-17(29-2)20(31-4)18(12-15)30-3/h5-8,11-12,19,28H,9-10H2,1-4H3. The Kier molecular flexibility index (Phi) is 5.05. The summed E-state index contributed by atoms with van der Waals surface area (Å²) in [5.74, 6) is 2.37. The molecule has 4 aromatic rings. The van der Waals surface area contributed by atoms with Gasteiger partial charge in [-0.2, -0.15) is 4.52 Å². The zero-order valence-electron chi connectivity index (χ0n) is 18.3. The van der Waals surface area contributed by atoms with E-state index in [0.29, 0.717) is 28.0 Å². The van der Waals surface area contributed by atoms with E-state index in [2.05, 4.69) is 33.2 Å². The lowest BCUT2D eigenvalue weighted by atomic mass is 10.0. The van der Waals surface area contributed by atoms with Gasteiger partial charge < -0.3 is 24.2 Å². The second-order valence-corrected chi connectivity index (χ2v) is 8.59. The molecule has 32 heavy (non-hydrogen) atoms. The summed E-state index contributed by atoms with van der Waals surface area (Å²) in [7, 11) is 4.79. The monoisotopic (exact) mass is 452 g/mol. The molecule has 1 aliphatic heterocycles. The average molecular weight is 453 g/mol. The number of aromatic nitrogens is 3. The van der Waals surface area contributed by atoms with E-state index in [9.17, 15) is 5.11 Å². The number of nitrogens with zero attached hydrogens (tertiary/aromatic N) is 4. The van der Waals surface area contributed by atoms with Crippen LogP contribution >= 0.6 is 11.3 Å². The van der Waals surface area contributed by atoms with Crippen molar-refractivity contribution in [2.75, 3.05) is 32.8 Å². The third-order valence-corrected chi connectivity index (χ3v) is 6.86. The molecule has 1 aliphatic rings. The summed E-state index contributed by atoms with van der Waals surface area (Å²) in [6.07, 6.45) is 0.928. The Morgan fingerprint density at radius 1 is 1.06 bits per heavy atom. The van der Waals surface area contributed by atoms with Crippen LogP contribution in [0.25, 0.3) is 4.96 Å². The van der Waals surface area contributed by atoms with Crippen LogP contribution in [0.3, 0.4) is 0 Å². The Bertz CT molecular complexity index is 1270. The highest BCUT2D eigenvalue weighted by Crippen LogP contribution is 2.48. The highest BCUT2D eigenvalue weighted by atomic mass is 32.1. The lowest BCUT2D eigenvalue weighted by molar-refractivity contribution is 0.323. The molecular formula is C23H24N4O4S. The van der Waals surface area contributed by atoms with Gasteiger partial charge in [0.25, 0.3) is 0 Å².